The SMILES string of the molecule is C[C@H]1[C@@H](CSCCO)O[C@@H](c2ccc(-c3cccc(CNC(=O)NC45CC6CC(CC(C6)C4)C5)c3)cc2)O[C@H]1c1ccc(CO)cc1. The van der Waals surface area contributed by atoms with E-state index in [1.807, 2.05) is 30.3 Å². The lowest BCUT2D eigenvalue weighted by Gasteiger charge is -2.56. The summed E-state index contributed by atoms with van der Waals surface area (Å²) in [5.74, 6) is 3.95. The van der Waals surface area contributed by atoms with E-state index in [9.17, 15) is 15.0 Å². The summed E-state index contributed by atoms with van der Waals surface area (Å²) >= 11 is 1.69. The summed E-state index contributed by atoms with van der Waals surface area (Å²) < 4.78 is 13.1. The summed E-state index contributed by atoms with van der Waals surface area (Å²) in [6.45, 7) is 2.80. The van der Waals surface area contributed by atoms with E-state index >= 15 is 0 Å². The smallest absolute Gasteiger partial charge is 0.315 e. The Morgan fingerprint density at radius 3 is 2.19 bits per heavy atom. The maximum Gasteiger partial charge on any atom is 0.315 e. The Hall–Kier alpha value is -2.88. The van der Waals surface area contributed by atoms with Gasteiger partial charge in [-0.15, -0.1) is 0 Å². The molecule has 4 N–H and O–H groups in total. The zero-order chi connectivity index (χ0) is 32.4. The molecule has 0 radical (unpaired) electrons. The van der Waals surface area contributed by atoms with Crippen molar-refractivity contribution in [1.82, 2.24) is 10.6 Å². The lowest BCUT2D eigenvalue weighted by atomic mass is 9.53. The van der Waals surface area contributed by atoms with Crippen molar-refractivity contribution >= 4 is 17.8 Å². The third-order valence-electron chi connectivity index (χ3n) is 11.0. The van der Waals surface area contributed by atoms with E-state index in [0.717, 1.165) is 76.1 Å². The molecule has 0 unspecified atom stereocenters. The largest absolute Gasteiger partial charge is 0.396 e. The number of hydrogen-bond donors (Lipinski definition) is 4. The highest BCUT2D eigenvalue weighted by Crippen LogP contribution is 2.55. The van der Waals surface area contributed by atoms with Crippen molar-refractivity contribution in [3.8, 4) is 11.1 Å². The van der Waals surface area contributed by atoms with Crippen molar-refractivity contribution in [2.75, 3.05) is 18.1 Å². The van der Waals surface area contributed by atoms with Crippen LogP contribution < -0.4 is 10.6 Å². The first-order valence-corrected chi connectivity index (χ1v) is 18.5. The van der Waals surface area contributed by atoms with Crippen LogP contribution in [-0.2, 0) is 22.6 Å². The minimum Gasteiger partial charge on any atom is -0.396 e. The molecular weight excluding hydrogens is 609 g/mol. The Morgan fingerprint density at radius 2 is 1.53 bits per heavy atom. The van der Waals surface area contributed by atoms with E-state index in [-0.39, 0.29) is 42.9 Å². The number of hydrogen-bond acceptors (Lipinski definition) is 6. The molecule has 7 nitrogen and oxygen atoms in total. The molecule has 5 aliphatic rings. The van der Waals surface area contributed by atoms with Crippen molar-refractivity contribution in [3.63, 3.8) is 0 Å². The molecule has 4 atom stereocenters. The van der Waals surface area contributed by atoms with Crippen molar-refractivity contribution in [2.45, 2.75) is 82.6 Å². The summed E-state index contributed by atoms with van der Waals surface area (Å²) in [6, 6.07) is 24.6. The van der Waals surface area contributed by atoms with Crippen LogP contribution in [0.25, 0.3) is 11.1 Å². The predicted molar refractivity (Wildman–Crippen MR) is 186 cm³/mol. The maximum absolute atomic E-state index is 13.0. The number of carbonyl (C=O) groups excluding carboxylic acids is 1. The van der Waals surface area contributed by atoms with Crippen molar-refractivity contribution in [2.24, 2.45) is 23.7 Å². The van der Waals surface area contributed by atoms with E-state index in [1.54, 1.807) is 11.8 Å². The van der Waals surface area contributed by atoms with Crippen LogP contribution in [0.2, 0.25) is 0 Å². The zero-order valence-electron chi connectivity index (χ0n) is 27.3. The van der Waals surface area contributed by atoms with E-state index in [1.165, 1.54) is 19.3 Å². The highest BCUT2D eigenvalue weighted by atomic mass is 32.2. The molecule has 47 heavy (non-hydrogen) atoms. The maximum atomic E-state index is 13.0. The van der Waals surface area contributed by atoms with E-state index in [4.69, 9.17) is 9.47 Å². The topological polar surface area (TPSA) is 100 Å². The molecule has 1 aliphatic heterocycles. The Labute approximate surface area is 282 Å². The van der Waals surface area contributed by atoms with Gasteiger partial charge in [-0.05, 0) is 90.2 Å². The summed E-state index contributed by atoms with van der Waals surface area (Å²) in [4.78, 5) is 13.0. The van der Waals surface area contributed by atoms with E-state index in [0.29, 0.717) is 12.3 Å². The number of aliphatic hydroxyl groups excluding tert-OH is 2. The average Bonchev–Trinajstić information content (AvgIpc) is 3.08. The van der Waals surface area contributed by atoms with Gasteiger partial charge in [-0.1, -0.05) is 73.7 Å². The molecule has 4 aliphatic carbocycles. The van der Waals surface area contributed by atoms with Gasteiger partial charge in [0.25, 0.3) is 0 Å². The van der Waals surface area contributed by atoms with Gasteiger partial charge in [-0.25, -0.2) is 4.79 Å². The van der Waals surface area contributed by atoms with Crippen molar-refractivity contribution < 1.29 is 24.5 Å². The minimum absolute atomic E-state index is 0.00900. The Kier molecular flexibility index (Phi) is 9.94. The van der Waals surface area contributed by atoms with Crippen LogP contribution >= 0.6 is 11.8 Å². The molecule has 1 saturated heterocycles. The summed E-state index contributed by atoms with van der Waals surface area (Å²) in [7, 11) is 0. The Morgan fingerprint density at radius 1 is 0.851 bits per heavy atom. The summed E-state index contributed by atoms with van der Waals surface area (Å²) in [5, 5.41) is 25.4. The molecule has 0 aromatic heterocycles. The number of ether oxygens (including phenoxy) is 2. The van der Waals surface area contributed by atoms with Crippen LogP contribution in [0.3, 0.4) is 0 Å². The van der Waals surface area contributed by atoms with Gasteiger partial charge in [-0.2, -0.15) is 11.8 Å². The molecule has 0 spiro atoms. The number of urea groups is 1. The van der Waals surface area contributed by atoms with Gasteiger partial charge in [0.05, 0.1) is 25.4 Å². The van der Waals surface area contributed by atoms with Crippen LogP contribution in [0, 0.1) is 23.7 Å². The molecule has 8 rings (SSSR count). The number of nitrogens with one attached hydrogen (secondary N) is 2. The molecule has 4 saturated carbocycles. The van der Waals surface area contributed by atoms with Gasteiger partial charge >= 0.3 is 6.03 Å². The van der Waals surface area contributed by atoms with Gasteiger partial charge in [0, 0.05) is 35.1 Å². The van der Waals surface area contributed by atoms with Crippen molar-refractivity contribution in [3.05, 3.63) is 95.1 Å². The third-order valence-corrected chi connectivity index (χ3v) is 12.0. The van der Waals surface area contributed by atoms with Gasteiger partial charge in [0.15, 0.2) is 6.29 Å². The van der Waals surface area contributed by atoms with E-state index in [2.05, 4.69) is 60.0 Å². The highest BCUT2D eigenvalue weighted by Gasteiger charge is 2.51. The molecule has 3 aromatic rings. The number of benzene rings is 3. The molecule has 2 amide bonds. The average molecular weight is 657 g/mol. The number of carbonyl (C=O) groups is 1. The first-order valence-electron chi connectivity index (χ1n) is 17.3. The molecule has 3 aromatic carbocycles. The molecule has 1 heterocycles. The molecule has 250 valence electrons. The third kappa shape index (κ3) is 7.42. The van der Waals surface area contributed by atoms with Crippen LogP contribution in [0.1, 0.15) is 80.1 Å². The van der Waals surface area contributed by atoms with Crippen LogP contribution in [0.4, 0.5) is 4.79 Å². The van der Waals surface area contributed by atoms with Gasteiger partial charge in [0.2, 0.25) is 0 Å². The second-order valence-corrected chi connectivity index (χ2v) is 15.6. The number of amides is 2. The quantitative estimate of drug-likeness (QED) is 0.164. The lowest BCUT2D eigenvalue weighted by Crippen LogP contribution is -2.61. The fourth-order valence-corrected chi connectivity index (χ4v) is 9.91. The zero-order valence-corrected chi connectivity index (χ0v) is 28.1. The number of thioether (sulfide) groups is 1. The number of rotatable bonds is 11. The van der Waals surface area contributed by atoms with Gasteiger partial charge < -0.3 is 30.3 Å². The fraction of sp³-hybridized carbons (Fsp3) is 0.513. The standard InChI is InChI=1S/C39H48N2O5S/c1-25-35(24-47-14-13-42)45-37(46-36(25)32-7-5-26(23-43)6-8-32)33-11-9-31(10-12-33)34-4-2-3-27(18-34)22-40-38(44)41-39-19-28-15-29(20-39)17-30(16-28)21-39/h2-12,18,25,28-30,35-37,42-43H,13-17,19-24H2,1H3,(H2,40,41,44)/t25-,28?,29?,30?,35+,36+,37+,39?/m0/s1. The monoisotopic (exact) mass is 656 g/mol. The van der Waals surface area contributed by atoms with Crippen LogP contribution in [0.15, 0.2) is 72.8 Å². The molecule has 4 bridgehead atoms. The Balaban J connectivity index is 1.000. The first-order chi connectivity index (χ1) is 22.9. The number of aliphatic hydroxyl groups is 2. The summed E-state index contributed by atoms with van der Waals surface area (Å²) in [6.07, 6.45) is 6.81. The molecular formula is C39H48N2O5S. The minimum atomic E-state index is -0.523. The lowest BCUT2D eigenvalue weighted by molar-refractivity contribution is -0.268. The van der Waals surface area contributed by atoms with Crippen LogP contribution in [-0.4, -0.2) is 46.0 Å². The van der Waals surface area contributed by atoms with Crippen LogP contribution in [0.5, 0.6) is 0 Å². The molecule has 8 heteroatoms. The van der Waals surface area contributed by atoms with E-state index < -0.39 is 6.29 Å². The highest BCUT2D eigenvalue weighted by molar-refractivity contribution is 7.99. The second kappa shape index (κ2) is 14.3. The fourth-order valence-electron chi connectivity index (χ4n) is 9.00. The molecule has 5 fully saturated rings. The normalized spacial score (nSPS) is 31.1. The predicted octanol–water partition coefficient (Wildman–Crippen LogP) is 7.13. The van der Waals surface area contributed by atoms with Gasteiger partial charge in [-0.3, -0.25) is 0 Å². The Bertz CT molecular complexity index is 1480. The summed E-state index contributed by atoms with van der Waals surface area (Å²) in [5.41, 5.74) is 6.15. The second-order valence-electron chi connectivity index (χ2n) is 14.4. The van der Waals surface area contributed by atoms with Crippen molar-refractivity contribution in [1.29, 1.82) is 0 Å². The van der Waals surface area contributed by atoms with Gasteiger partial charge in [0.1, 0.15) is 0 Å². The first kappa shape index (κ1) is 32.7.